The zero-order valence-electron chi connectivity index (χ0n) is 10.9. The quantitative estimate of drug-likeness (QED) is 0.768. The van der Waals surface area contributed by atoms with Crippen LogP contribution in [0.2, 0.25) is 5.02 Å². The van der Waals surface area contributed by atoms with Crippen molar-refractivity contribution in [3.8, 4) is 11.8 Å². The van der Waals surface area contributed by atoms with Gasteiger partial charge in [0.25, 0.3) is 0 Å². The molecule has 0 saturated carbocycles. The third-order valence-corrected chi connectivity index (χ3v) is 2.94. The van der Waals surface area contributed by atoms with E-state index < -0.39 is 6.10 Å². The topological polar surface area (TPSA) is 45.0 Å². The predicted molar refractivity (Wildman–Crippen MR) is 73.8 cm³/mol. The van der Waals surface area contributed by atoms with Crippen molar-refractivity contribution in [3.63, 3.8) is 0 Å². The number of ether oxygens (including phenoxy) is 1. The zero-order chi connectivity index (χ0) is 13.4. The van der Waals surface area contributed by atoms with Gasteiger partial charge in [-0.15, -0.1) is 0 Å². The molecule has 0 amide bonds. The highest BCUT2D eigenvalue weighted by Gasteiger charge is 2.12. The van der Waals surface area contributed by atoms with Gasteiger partial charge in [-0.2, -0.15) is 5.26 Å². The maximum Gasteiger partial charge on any atom is 0.184 e. The molecule has 0 aliphatic heterocycles. The molecule has 1 rings (SSSR count). The van der Waals surface area contributed by atoms with Gasteiger partial charge in [0, 0.05) is 17.1 Å². The first-order chi connectivity index (χ1) is 8.72. The van der Waals surface area contributed by atoms with E-state index in [0.717, 1.165) is 18.5 Å². The van der Waals surface area contributed by atoms with E-state index in [1.165, 1.54) is 0 Å². The molecule has 0 saturated heterocycles. The van der Waals surface area contributed by atoms with E-state index in [4.69, 9.17) is 21.6 Å². The van der Waals surface area contributed by atoms with Crippen LogP contribution in [-0.2, 0) is 6.54 Å². The van der Waals surface area contributed by atoms with Crippen molar-refractivity contribution in [2.45, 2.75) is 39.3 Å². The summed E-state index contributed by atoms with van der Waals surface area (Å²) >= 11 is 6.18. The second kappa shape index (κ2) is 7.97. The van der Waals surface area contributed by atoms with Crippen LogP contribution in [0.25, 0.3) is 0 Å². The molecule has 0 spiro atoms. The molecule has 18 heavy (non-hydrogen) atoms. The molecule has 0 aliphatic rings. The lowest BCUT2D eigenvalue weighted by Gasteiger charge is -2.16. The lowest BCUT2D eigenvalue weighted by molar-refractivity contribution is 0.249. The van der Waals surface area contributed by atoms with Gasteiger partial charge in [-0.25, -0.2) is 0 Å². The van der Waals surface area contributed by atoms with Crippen LogP contribution < -0.4 is 10.1 Å². The highest BCUT2D eigenvalue weighted by molar-refractivity contribution is 6.31. The van der Waals surface area contributed by atoms with Crippen molar-refractivity contribution in [2.24, 2.45) is 0 Å². The Morgan fingerprint density at radius 1 is 1.44 bits per heavy atom. The maximum atomic E-state index is 8.94. The fourth-order valence-electron chi connectivity index (χ4n) is 1.57. The van der Waals surface area contributed by atoms with Gasteiger partial charge in [-0.3, -0.25) is 0 Å². The largest absolute Gasteiger partial charge is 0.475 e. The predicted octanol–water partition coefficient (Wildman–Crippen LogP) is 3.52. The lowest BCUT2D eigenvalue weighted by atomic mass is 10.2. The van der Waals surface area contributed by atoms with Crippen molar-refractivity contribution in [1.29, 1.82) is 5.26 Å². The van der Waals surface area contributed by atoms with Gasteiger partial charge in [0.05, 0.1) is 0 Å². The van der Waals surface area contributed by atoms with Crippen LogP contribution in [0.1, 0.15) is 32.3 Å². The minimum Gasteiger partial charge on any atom is -0.475 e. The van der Waals surface area contributed by atoms with E-state index in [1.807, 2.05) is 25.1 Å². The van der Waals surface area contributed by atoms with Crippen molar-refractivity contribution in [2.75, 3.05) is 6.54 Å². The summed E-state index contributed by atoms with van der Waals surface area (Å²) in [5, 5.41) is 12.9. The van der Waals surface area contributed by atoms with Gasteiger partial charge < -0.3 is 10.1 Å². The number of halogens is 1. The molecule has 0 heterocycles. The Labute approximate surface area is 114 Å². The van der Waals surface area contributed by atoms with E-state index in [2.05, 4.69) is 18.3 Å². The van der Waals surface area contributed by atoms with E-state index in [-0.39, 0.29) is 0 Å². The molecule has 0 aromatic heterocycles. The minimum atomic E-state index is -0.423. The van der Waals surface area contributed by atoms with Gasteiger partial charge in [0.15, 0.2) is 6.10 Å². The molecule has 0 fully saturated rings. The van der Waals surface area contributed by atoms with Crippen LogP contribution in [0.3, 0.4) is 0 Å². The third kappa shape index (κ3) is 4.21. The Kier molecular flexibility index (Phi) is 6.56. The van der Waals surface area contributed by atoms with E-state index >= 15 is 0 Å². The molecule has 1 atom stereocenters. The highest BCUT2D eigenvalue weighted by atomic mass is 35.5. The Morgan fingerprint density at radius 2 is 2.22 bits per heavy atom. The Hall–Kier alpha value is -1.24. The van der Waals surface area contributed by atoms with Gasteiger partial charge in [0.1, 0.15) is 11.8 Å². The van der Waals surface area contributed by atoms with Gasteiger partial charge in [-0.1, -0.05) is 31.5 Å². The van der Waals surface area contributed by atoms with Crippen LogP contribution >= 0.6 is 11.6 Å². The summed E-state index contributed by atoms with van der Waals surface area (Å²) in [6, 6.07) is 7.66. The fraction of sp³-hybridized carbons (Fsp3) is 0.500. The summed E-state index contributed by atoms with van der Waals surface area (Å²) in [5.41, 5.74) is 0.918. The summed E-state index contributed by atoms with van der Waals surface area (Å²) in [6.45, 7) is 5.62. The summed E-state index contributed by atoms with van der Waals surface area (Å²) in [6.07, 6.45) is 1.30. The van der Waals surface area contributed by atoms with Crippen LogP contribution in [-0.4, -0.2) is 12.6 Å². The summed E-state index contributed by atoms with van der Waals surface area (Å²) in [5.74, 6) is 0.694. The molecule has 4 heteroatoms. The van der Waals surface area contributed by atoms with E-state index in [1.54, 1.807) is 0 Å². The minimum absolute atomic E-state index is 0.423. The molecule has 0 aliphatic carbocycles. The number of benzene rings is 1. The van der Waals surface area contributed by atoms with E-state index in [0.29, 0.717) is 23.7 Å². The highest BCUT2D eigenvalue weighted by Crippen LogP contribution is 2.27. The van der Waals surface area contributed by atoms with E-state index in [9.17, 15) is 0 Å². The van der Waals surface area contributed by atoms with Gasteiger partial charge in [-0.05, 0) is 31.5 Å². The number of nitriles is 1. The number of nitrogens with zero attached hydrogens (tertiary/aromatic N) is 1. The smallest absolute Gasteiger partial charge is 0.184 e. The number of hydrogen-bond donors (Lipinski definition) is 1. The third-order valence-electron chi connectivity index (χ3n) is 2.59. The monoisotopic (exact) mass is 266 g/mol. The normalized spacial score (nSPS) is 11.9. The Balaban J connectivity index is 2.83. The molecule has 98 valence electrons. The summed E-state index contributed by atoms with van der Waals surface area (Å²) in [7, 11) is 0. The van der Waals surface area contributed by atoms with Crippen LogP contribution in [0.5, 0.6) is 5.75 Å². The number of nitrogens with one attached hydrogen (secondary N) is 1. The summed E-state index contributed by atoms with van der Waals surface area (Å²) in [4.78, 5) is 0. The fourth-order valence-corrected chi connectivity index (χ4v) is 1.80. The van der Waals surface area contributed by atoms with Gasteiger partial charge in [0.2, 0.25) is 0 Å². The van der Waals surface area contributed by atoms with Crippen molar-refractivity contribution >= 4 is 11.6 Å². The maximum absolute atomic E-state index is 8.94. The van der Waals surface area contributed by atoms with Crippen molar-refractivity contribution < 1.29 is 4.74 Å². The molecule has 1 aromatic rings. The van der Waals surface area contributed by atoms with Crippen LogP contribution in [0.15, 0.2) is 18.2 Å². The first-order valence-corrected chi connectivity index (χ1v) is 6.65. The van der Waals surface area contributed by atoms with Gasteiger partial charge >= 0.3 is 0 Å². The molecule has 3 nitrogen and oxygen atoms in total. The molecular formula is C14H19ClN2O. The number of rotatable bonds is 7. The van der Waals surface area contributed by atoms with Crippen LogP contribution in [0, 0.1) is 11.3 Å². The lowest BCUT2D eigenvalue weighted by Crippen LogP contribution is -2.18. The molecule has 0 radical (unpaired) electrons. The Bertz CT molecular complexity index is 415. The van der Waals surface area contributed by atoms with Crippen LogP contribution in [0.4, 0.5) is 0 Å². The summed E-state index contributed by atoms with van der Waals surface area (Å²) < 4.78 is 5.67. The second-order valence-electron chi connectivity index (χ2n) is 4.04. The van der Waals surface area contributed by atoms with Crippen molar-refractivity contribution in [3.05, 3.63) is 28.8 Å². The Morgan fingerprint density at radius 3 is 2.83 bits per heavy atom. The average Bonchev–Trinajstić information content (AvgIpc) is 2.39. The standard InChI is InChI=1S/C14H19ClN2O/c1-3-8-17-10-12-13(15)6-5-7-14(12)18-11(4-2)9-16/h5-7,11,17H,3-4,8,10H2,1-2H3. The molecular weight excluding hydrogens is 248 g/mol. The SMILES string of the molecule is CCCNCc1c(Cl)cccc1OC(C#N)CC. The molecule has 1 unspecified atom stereocenters. The molecule has 0 bridgehead atoms. The number of hydrogen-bond acceptors (Lipinski definition) is 3. The molecule has 1 aromatic carbocycles. The second-order valence-corrected chi connectivity index (χ2v) is 4.44. The van der Waals surface area contributed by atoms with Crippen molar-refractivity contribution in [1.82, 2.24) is 5.32 Å². The first-order valence-electron chi connectivity index (χ1n) is 6.27. The average molecular weight is 267 g/mol. The molecule has 1 N–H and O–H groups in total. The first kappa shape index (κ1) is 14.8. The zero-order valence-corrected chi connectivity index (χ0v) is 11.6.